The van der Waals surface area contributed by atoms with Crippen LogP contribution in [-0.2, 0) is 10.3 Å². The highest BCUT2D eigenvalue weighted by Crippen LogP contribution is 2.16. The van der Waals surface area contributed by atoms with Crippen LogP contribution in [0.5, 0.6) is 0 Å². The molecule has 0 aromatic carbocycles. The summed E-state index contributed by atoms with van der Waals surface area (Å²) >= 11 is 0. The molecule has 1 aromatic heterocycles. The maximum Gasteiger partial charge on any atom is 0.293 e. The molecule has 3 heterocycles. The van der Waals surface area contributed by atoms with E-state index in [1.165, 1.54) is 0 Å². The van der Waals surface area contributed by atoms with Crippen LogP contribution in [0.1, 0.15) is 37.8 Å². The summed E-state index contributed by atoms with van der Waals surface area (Å²) in [6, 6.07) is 0.802. The Bertz CT molecular complexity index is 510. The number of rotatable bonds is 3. The Kier molecular flexibility index (Phi) is 3.71. The van der Waals surface area contributed by atoms with Crippen LogP contribution < -0.4 is 5.32 Å². The molecular weight excluding hydrogens is 270 g/mol. The smallest absolute Gasteiger partial charge is 0.293 e. The lowest BCUT2D eigenvalue weighted by atomic mass is 10.1. The molecule has 2 aliphatic rings. The molecule has 7 nitrogen and oxygen atoms in total. The van der Waals surface area contributed by atoms with Crippen molar-refractivity contribution in [3.8, 4) is 0 Å². The normalized spacial score (nSPS) is 23.4. The number of aromatic nitrogens is 3. The van der Waals surface area contributed by atoms with Gasteiger partial charge in [0, 0.05) is 31.8 Å². The van der Waals surface area contributed by atoms with E-state index in [2.05, 4.69) is 15.4 Å². The van der Waals surface area contributed by atoms with Gasteiger partial charge in [0.05, 0.1) is 12.1 Å². The van der Waals surface area contributed by atoms with Crippen LogP contribution in [0.3, 0.4) is 0 Å². The van der Waals surface area contributed by atoms with Crippen molar-refractivity contribution >= 4 is 5.91 Å². The standard InChI is InChI=1S/C14H23N5O2/c1-14(2,3)19-9-15-12(17-19)13(20)18-6-11(7-18)16-10-4-5-21-8-10/h9-11,16H,4-8H2,1-3H3. The topological polar surface area (TPSA) is 72.3 Å². The molecule has 2 fully saturated rings. The molecule has 1 unspecified atom stereocenters. The van der Waals surface area contributed by atoms with Gasteiger partial charge in [0.15, 0.2) is 0 Å². The Hall–Kier alpha value is -1.47. The van der Waals surface area contributed by atoms with Crippen molar-refractivity contribution in [2.24, 2.45) is 0 Å². The van der Waals surface area contributed by atoms with E-state index in [1.807, 2.05) is 20.8 Å². The average molecular weight is 293 g/mol. The summed E-state index contributed by atoms with van der Waals surface area (Å²) in [5.74, 6) is 0.200. The molecule has 0 saturated carbocycles. The van der Waals surface area contributed by atoms with Gasteiger partial charge >= 0.3 is 0 Å². The maximum absolute atomic E-state index is 12.3. The van der Waals surface area contributed by atoms with Gasteiger partial charge in [-0.05, 0) is 27.2 Å². The monoisotopic (exact) mass is 293 g/mol. The Morgan fingerprint density at radius 1 is 1.38 bits per heavy atom. The van der Waals surface area contributed by atoms with E-state index in [9.17, 15) is 4.79 Å². The summed E-state index contributed by atoms with van der Waals surface area (Å²) in [7, 11) is 0. The number of carbonyl (C=O) groups is 1. The van der Waals surface area contributed by atoms with Crippen molar-refractivity contribution in [3.63, 3.8) is 0 Å². The second kappa shape index (κ2) is 5.38. The summed E-state index contributed by atoms with van der Waals surface area (Å²) in [4.78, 5) is 18.2. The van der Waals surface area contributed by atoms with E-state index in [4.69, 9.17) is 4.74 Å². The van der Waals surface area contributed by atoms with Crippen LogP contribution in [-0.4, -0.2) is 64.0 Å². The zero-order chi connectivity index (χ0) is 15.0. The van der Waals surface area contributed by atoms with E-state index >= 15 is 0 Å². The van der Waals surface area contributed by atoms with Crippen molar-refractivity contribution in [2.75, 3.05) is 26.3 Å². The molecule has 21 heavy (non-hydrogen) atoms. The van der Waals surface area contributed by atoms with Gasteiger partial charge in [-0.3, -0.25) is 4.79 Å². The fourth-order valence-corrected chi connectivity index (χ4v) is 2.57. The van der Waals surface area contributed by atoms with Gasteiger partial charge in [-0.1, -0.05) is 0 Å². The quantitative estimate of drug-likeness (QED) is 0.864. The van der Waals surface area contributed by atoms with E-state index in [0.717, 1.165) is 32.7 Å². The molecule has 1 aromatic rings. The molecule has 0 radical (unpaired) electrons. The zero-order valence-corrected chi connectivity index (χ0v) is 12.9. The predicted molar refractivity (Wildman–Crippen MR) is 77.1 cm³/mol. The number of ether oxygens (including phenoxy) is 1. The Morgan fingerprint density at radius 2 is 2.14 bits per heavy atom. The number of nitrogens with zero attached hydrogens (tertiary/aromatic N) is 4. The predicted octanol–water partition coefficient (Wildman–Crippen LogP) is 0.236. The number of carbonyl (C=O) groups excluding carboxylic acids is 1. The number of hydrogen-bond donors (Lipinski definition) is 1. The fourth-order valence-electron chi connectivity index (χ4n) is 2.57. The average Bonchev–Trinajstić information content (AvgIpc) is 3.02. The summed E-state index contributed by atoms with van der Waals surface area (Å²) in [5.41, 5.74) is -0.160. The highest BCUT2D eigenvalue weighted by molar-refractivity contribution is 5.91. The lowest BCUT2D eigenvalue weighted by Crippen LogP contribution is -2.62. The van der Waals surface area contributed by atoms with Crippen molar-refractivity contribution < 1.29 is 9.53 Å². The van der Waals surface area contributed by atoms with Crippen LogP contribution in [0.4, 0.5) is 0 Å². The molecular formula is C14H23N5O2. The lowest BCUT2D eigenvalue weighted by Gasteiger charge is -2.40. The largest absolute Gasteiger partial charge is 0.380 e. The molecule has 2 aliphatic heterocycles. The first-order valence-electron chi connectivity index (χ1n) is 7.49. The highest BCUT2D eigenvalue weighted by Gasteiger charge is 2.35. The molecule has 1 N–H and O–H groups in total. The molecule has 0 bridgehead atoms. The Balaban J connectivity index is 1.52. The number of hydrogen-bond acceptors (Lipinski definition) is 5. The zero-order valence-electron chi connectivity index (χ0n) is 12.9. The highest BCUT2D eigenvalue weighted by atomic mass is 16.5. The number of amides is 1. The van der Waals surface area contributed by atoms with E-state index in [-0.39, 0.29) is 17.3 Å². The first-order valence-corrected chi connectivity index (χ1v) is 7.49. The molecule has 116 valence electrons. The van der Waals surface area contributed by atoms with Gasteiger partial charge in [0.1, 0.15) is 6.33 Å². The van der Waals surface area contributed by atoms with Crippen LogP contribution >= 0.6 is 0 Å². The molecule has 1 amide bonds. The SMILES string of the molecule is CC(C)(C)n1cnc(C(=O)N2CC(NC3CCOC3)C2)n1. The summed E-state index contributed by atoms with van der Waals surface area (Å²) in [6.07, 6.45) is 2.68. The second-order valence-corrected chi connectivity index (χ2v) is 6.82. The van der Waals surface area contributed by atoms with Crippen molar-refractivity contribution in [2.45, 2.75) is 44.8 Å². The summed E-state index contributed by atoms with van der Waals surface area (Å²) in [5, 5.41) is 7.80. The Morgan fingerprint density at radius 3 is 2.71 bits per heavy atom. The van der Waals surface area contributed by atoms with Crippen molar-refractivity contribution in [1.29, 1.82) is 0 Å². The molecule has 7 heteroatoms. The maximum atomic E-state index is 12.3. The summed E-state index contributed by atoms with van der Waals surface area (Å²) in [6.45, 7) is 9.15. The van der Waals surface area contributed by atoms with Gasteiger partial charge in [0.2, 0.25) is 5.82 Å². The third-order valence-electron chi connectivity index (χ3n) is 3.94. The first kappa shape index (κ1) is 14.5. The third-order valence-corrected chi connectivity index (χ3v) is 3.94. The first-order chi connectivity index (χ1) is 9.93. The molecule has 3 rings (SSSR count). The van der Waals surface area contributed by atoms with Gasteiger partial charge in [0.25, 0.3) is 5.91 Å². The van der Waals surface area contributed by atoms with Crippen molar-refractivity contribution in [3.05, 3.63) is 12.2 Å². The van der Waals surface area contributed by atoms with Crippen LogP contribution in [0.15, 0.2) is 6.33 Å². The minimum Gasteiger partial charge on any atom is -0.380 e. The lowest BCUT2D eigenvalue weighted by molar-refractivity contribution is 0.0535. The van der Waals surface area contributed by atoms with Gasteiger partial charge < -0.3 is 15.0 Å². The van der Waals surface area contributed by atoms with E-state index in [0.29, 0.717) is 12.1 Å². The molecule has 0 spiro atoms. The molecule has 1 atom stereocenters. The summed E-state index contributed by atoms with van der Waals surface area (Å²) < 4.78 is 7.07. The molecule has 2 saturated heterocycles. The molecule has 0 aliphatic carbocycles. The van der Waals surface area contributed by atoms with Gasteiger partial charge in [-0.15, -0.1) is 5.10 Å². The third kappa shape index (κ3) is 3.08. The Labute approximate surface area is 124 Å². The van der Waals surface area contributed by atoms with Gasteiger partial charge in [-0.25, -0.2) is 9.67 Å². The van der Waals surface area contributed by atoms with E-state index in [1.54, 1.807) is 15.9 Å². The number of nitrogens with one attached hydrogen (secondary N) is 1. The van der Waals surface area contributed by atoms with Crippen LogP contribution in [0.25, 0.3) is 0 Å². The van der Waals surface area contributed by atoms with Gasteiger partial charge in [-0.2, -0.15) is 0 Å². The van der Waals surface area contributed by atoms with Crippen LogP contribution in [0, 0.1) is 0 Å². The van der Waals surface area contributed by atoms with E-state index < -0.39 is 0 Å². The van der Waals surface area contributed by atoms with Crippen molar-refractivity contribution in [1.82, 2.24) is 25.0 Å². The second-order valence-electron chi connectivity index (χ2n) is 6.82. The fraction of sp³-hybridized carbons (Fsp3) is 0.786. The minimum atomic E-state index is -0.160. The van der Waals surface area contributed by atoms with Crippen LogP contribution in [0.2, 0.25) is 0 Å². The number of likely N-dealkylation sites (tertiary alicyclic amines) is 1. The minimum absolute atomic E-state index is 0.0845.